The van der Waals surface area contributed by atoms with E-state index in [2.05, 4.69) is 0 Å². The van der Waals surface area contributed by atoms with E-state index >= 15 is 0 Å². The summed E-state index contributed by atoms with van der Waals surface area (Å²) in [5.41, 5.74) is -2.63. The minimum absolute atomic E-state index is 0.126. The summed E-state index contributed by atoms with van der Waals surface area (Å²) in [5.74, 6) is -3.08. The molecule has 0 aliphatic carbocycles. The standard InChI is InChI=1S/C14H15F3O5/c15-14(16,17)10-5-3-9(4-6-10)2-1-7-13(22,12(20)21)8-11(18)19/h3-6,22H,1-2,7-8H2,(H,18,19)(H,20,21)/t13-/m1/s1. The summed E-state index contributed by atoms with van der Waals surface area (Å²) in [4.78, 5) is 21.5. The molecule has 0 heterocycles. The van der Waals surface area contributed by atoms with Crippen LogP contribution < -0.4 is 0 Å². The Labute approximate surface area is 124 Å². The van der Waals surface area contributed by atoms with Gasteiger partial charge >= 0.3 is 18.1 Å². The topological polar surface area (TPSA) is 94.8 Å². The van der Waals surface area contributed by atoms with Crippen LogP contribution in [-0.2, 0) is 22.2 Å². The molecular weight excluding hydrogens is 305 g/mol. The van der Waals surface area contributed by atoms with Crippen molar-refractivity contribution in [1.82, 2.24) is 0 Å². The van der Waals surface area contributed by atoms with Crippen LogP contribution in [0.25, 0.3) is 0 Å². The number of hydrogen-bond acceptors (Lipinski definition) is 3. The largest absolute Gasteiger partial charge is 0.481 e. The molecule has 0 fully saturated rings. The van der Waals surface area contributed by atoms with Crippen molar-refractivity contribution < 1.29 is 38.1 Å². The van der Waals surface area contributed by atoms with Gasteiger partial charge in [-0.15, -0.1) is 0 Å². The molecule has 0 amide bonds. The first-order valence-corrected chi connectivity index (χ1v) is 6.38. The van der Waals surface area contributed by atoms with E-state index in [1.807, 2.05) is 0 Å². The lowest BCUT2D eigenvalue weighted by molar-refractivity contribution is -0.166. The molecule has 0 spiro atoms. The Hall–Kier alpha value is -2.09. The lowest BCUT2D eigenvalue weighted by Gasteiger charge is -2.21. The van der Waals surface area contributed by atoms with Gasteiger partial charge in [-0.1, -0.05) is 12.1 Å². The lowest BCUT2D eigenvalue weighted by atomic mass is 9.92. The van der Waals surface area contributed by atoms with Crippen LogP contribution in [0.5, 0.6) is 0 Å². The molecule has 0 aromatic heterocycles. The zero-order chi connectivity index (χ0) is 17.0. The van der Waals surface area contributed by atoms with Crippen LogP contribution in [0.15, 0.2) is 24.3 Å². The third kappa shape index (κ3) is 5.03. The maximum absolute atomic E-state index is 12.4. The van der Waals surface area contributed by atoms with Gasteiger partial charge in [-0.25, -0.2) is 4.79 Å². The fourth-order valence-electron chi connectivity index (χ4n) is 1.97. The number of alkyl halides is 3. The Morgan fingerprint density at radius 1 is 1.05 bits per heavy atom. The van der Waals surface area contributed by atoms with Crippen LogP contribution in [0.1, 0.15) is 30.4 Å². The second-order valence-electron chi connectivity index (χ2n) is 4.96. The van der Waals surface area contributed by atoms with E-state index < -0.39 is 35.7 Å². The number of rotatable bonds is 7. The van der Waals surface area contributed by atoms with Gasteiger partial charge < -0.3 is 15.3 Å². The molecule has 5 nitrogen and oxygen atoms in total. The smallest absolute Gasteiger partial charge is 0.416 e. The van der Waals surface area contributed by atoms with Crippen LogP contribution in [0.3, 0.4) is 0 Å². The summed E-state index contributed by atoms with van der Waals surface area (Å²) in [5, 5.41) is 27.2. The molecule has 0 unspecified atom stereocenters. The maximum atomic E-state index is 12.4. The first-order valence-electron chi connectivity index (χ1n) is 6.38. The number of carboxylic acids is 2. The van der Waals surface area contributed by atoms with Gasteiger partial charge in [-0.2, -0.15) is 13.2 Å². The van der Waals surface area contributed by atoms with Crippen molar-refractivity contribution in [2.24, 2.45) is 0 Å². The molecule has 0 saturated heterocycles. The normalized spacial score (nSPS) is 14.4. The van der Waals surface area contributed by atoms with Crippen molar-refractivity contribution in [3.8, 4) is 0 Å². The summed E-state index contributed by atoms with van der Waals surface area (Å²) in [6.07, 6.45) is -5.32. The highest BCUT2D eigenvalue weighted by molar-refractivity contribution is 5.83. The van der Waals surface area contributed by atoms with Crippen molar-refractivity contribution in [2.45, 2.75) is 37.5 Å². The molecule has 1 aromatic rings. The molecule has 0 saturated carbocycles. The Morgan fingerprint density at radius 2 is 1.59 bits per heavy atom. The van der Waals surface area contributed by atoms with Gasteiger partial charge in [0.15, 0.2) is 5.60 Å². The summed E-state index contributed by atoms with van der Waals surface area (Å²) < 4.78 is 37.2. The van der Waals surface area contributed by atoms with Gasteiger partial charge in [0.25, 0.3) is 0 Å². The van der Waals surface area contributed by atoms with Gasteiger partial charge in [0.1, 0.15) is 0 Å². The third-order valence-electron chi connectivity index (χ3n) is 3.18. The van der Waals surface area contributed by atoms with Crippen LogP contribution >= 0.6 is 0 Å². The molecule has 1 aromatic carbocycles. The van der Waals surface area contributed by atoms with E-state index in [4.69, 9.17) is 10.2 Å². The van der Waals surface area contributed by atoms with E-state index in [9.17, 15) is 27.9 Å². The number of aliphatic carboxylic acids is 2. The minimum atomic E-state index is -4.43. The average molecular weight is 320 g/mol. The molecule has 0 radical (unpaired) electrons. The molecule has 0 bridgehead atoms. The van der Waals surface area contributed by atoms with Crippen LogP contribution in [0.2, 0.25) is 0 Å². The van der Waals surface area contributed by atoms with Crippen molar-refractivity contribution in [2.75, 3.05) is 0 Å². The van der Waals surface area contributed by atoms with Crippen molar-refractivity contribution >= 4 is 11.9 Å². The summed E-state index contributed by atoms with van der Waals surface area (Å²) in [7, 11) is 0. The molecule has 3 N–H and O–H groups in total. The highest BCUT2D eigenvalue weighted by atomic mass is 19.4. The Balaban J connectivity index is 2.62. The number of benzene rings is 1. The second kappa shape index (κ2) is 6.78. The first-order chi connectivity index (χ1) is 10.0. The molecule has 0 aliphatic rings. The average Bonchev–Trinajstić information content (AvgIpc) is 2.37. The second-order valence-corrected chi connectivity index (χ2v) is 4.96. The number of hydrogen-bond donors (Lipinski definition) is 3. The maximum Gasteiger partial charge on any atom is 0.416 e. The van der Waals surface area contributed by atoms with Crippen molar-refractivity contribution in [3.05, 3.63) is 35.4 Å². The first kappa shape index (κ1) is 18.0. The number of aliphatic hydroxyl groups is 1. The summed E-state index contributed by atoms with van der Waals surface area (Å²) >= 11 is 0. The molecule has 1 atom stereocenters. The number of aryl methyl sites for hydroxylation is 1. The fraction of sp³-hybridized carbons (Fsp3) is 0.429. The predicted molar refractivity (Wildman–Crippen MR) is 69.2 cm³/mol. The summed E-state index contributed by atoms with van der Waals surface area (Å²) in [6.45, 7) is 0. The minimum Gasteiger partial charge on any atom is -0.481 e. The molecular formula is C14H15F3O5. The van der Waals surface area contributed by atoms with Crippen LogP contribution in [0, 0.1) is 0 Å². The van der Waals surface area contributed by atoms with Gasteiger partial charge in [0.05, 0.1) is 12.0 Å². The molecule has 8 heteroatoms. The van der Waals surface area contributed by atoms with E-state index in [-0.39, 0.29) is 19.3 Å². The third-order valence-corrected chi connectivity index (χ3v) is 3.18. The van der Waals surface area contributed by atoms with E-state index in [0.29, 0.717) is 5.56 Å². The van der Waals surface area contributed by atoms with Gasteiger partial charge in [-0.3, -0.25) is 4.79 Å². The van der Waals surface area contributed by atoms with Gasteiger partial charge in [-0.05, 0) is 37.0 Å². The van der Waals surface area contributed by atoms with E-state index in [1.165, 1.54) is 12.1 Å². The van der Waals surface area contributed by atoms with Crippen LogP contribution in [0.4, 0.5) is 13.2 Å². The highest BCUT2D eigenvalue weighted by Crippen LogP contribution is 2.29. The predicted octanol–water partition coefficient (Wildman–Crippen LogP) is 2.32. The van der Waals surface area contributed by atoms with Crippen LogP contribution in [-0.4, -0.2) is 32.9 Å². The molecule has 122 valence electrons. The summed E-state index contributed by atoms with van der Waals surface area (Å²) in [6, 6.07) is 4.35. The number of halogens is 3. The quantitative estimate of drug-likeness (QED) is 0.716. The number of carbonyl (C=O) groups is 2. The zero-order valence-corrected chi connectivity index (χ0v) is 11.4. The lowest BCUT2D eigenvalue weighted by Crippen LogP contribution is -2.40. The van der Waals surface area contributed by atoms with E-state index in [0.717, 1.165) is 12.1 Å². The highest BCUT2D eigenvalue weighted by Gasteiger charge is 2.37. The van der Waals surface area contributed by atoms with Crippen molar-refractivity contribution in [1.29, 1.82) is 0 Å². The van der Waals surface area contributed by atoms with Gasteiger partial charge in [0.2, 0.25) is 0 Å². The number of carboxylic acid groups (broad SMARTS) is 2. The van der Waals surface area contributed by atoms with E-state index in [1.54, 1.807) is 0 Å². The Morgan fingerprint density at radius 3 is 2.00 bits per heavy atom. The molecule has 22 heavy (non-hydrogen) atoms. The molecule has 0 aliphatic heterocycles. The Bertz CT molecular complexity index is 538. The Kier molecular flexibility index (Phi) is 5.54. The monoisotopic (exact) mass is 320 g/mol. The fourth-order valence-corrected chi connectivity index (χ4v) is 1.97. The molecule has 1 rings (SSSR count). The van der Waals surface area contributed by atoms with Gasteiger partial charge in [0, 0.05) is 0 Å². The zero-order valence-electron chi connectivity index (χ0n) is 11.4. The SMILES string of the molecule is O=C(O)C[C@](O)(CCCc1ccc(C(F)(F)F)cc1)C(=O)O. The van der Waals surface area contributed by atoms with Crippen molar-refractivity contribution in [3.63, 3.8) is 0 Å².